The van der Waals surface area contributed by atoms with E-state index in [0.29, 0.717) is 13.1 Å². The van der Waals surface area contributed by atoms with Crippen molar-refractivity contribution in [2.45, 2.75) is 20.0 Å². The predicted octanol–water partition coefficient (Wildman–Crippen LogP) is 3.50. The highest BCUT2D eigenvalue weighted by Crippen LogP contribution is 2.11. The van der Waals surface area contributed by atoms with Crippen molar-refractivity contribution in [3.8, 4) is 0 Å². The lowest BCUT2D eigenvalue weighted by atomic mass is 10.2. The van der Waals surface area contributed by atoms with Crippen molar-refractivity contribution in [1.29, 1.82) is 0 Å². The van der Waals surface area contributed by atoms with Crippen LogP contribution in [0.15, 0.2) is 47.6 Å². The molecule has 0 aliphatic heterocycles. The molecule has 0 saturated carbocycles. The summed E-state index contributed by atoms with van der Waals surface area (Å²) in [5.41, 5.74) is 2.00. The third-order valence-corrected chi connectivity index (χ3v) is 3.68. The molecule has 0 bridgehead atoms. The smallest absolute Gasteiger partial charge is 0.194 e. The van der Waals surface area contributed by atoms with Crippen LogP contribution in [0.4, 0.5) is 10.2 Å². The molecule has 0 saturated heterocycles. The van der Waals surface area contributed by atoms with Crippen molar-refractivity contribution >= 4 is 35.8 Å². The summed E-state index contributed by atoms with van der Waals surface area (Å²) in [4.78, 5) is 13.0. The summed E-state index contributed by atoms with van der Waals surface area (Å²) in [6.45, 7) is 3.94. The van der Waals surface area contributed by atoms with Crippen LogP contribution in [0.3, 0.4) is 0 Å². The summed E-state index contributed by atoms with van der Waals surface area (Å²) in [5, 5.41) is 3.28. The molecule has 0 aliphatic carbocycles. The van der Waals surface area contributed by atoms with Gasteiger partial charge in [0.1, 0.15) is 11.6 Å². The molecule has 2 aromatic rings. The highest BCUT2D eigenvalue weighted by molar-refractivity contribution is 14.0. The van der Waals surface area contributed by atoms with Gasteiger partial charge in [0.15, 0.2) is 5.96 Å². The molecule has 1 heterocycles. The number of nitrogens with zero attached hydrogens (tertiary/aromatic N) is 4. The maximum atomic E-state index is 13.4. The highest BCUT2D eigenvalue weighted by atomic mass is 127. The van der Waals surface area contributed by atoms with Crippen molar-refractivity contribution < 1.29 is 4.39 Å². The van der Waals surface area contributed by atoms with Gasteiger partial charge in [-0.2, -0.15) is 0 Å². The summed E-state index contributed by atoms with van der Waals surface area (Å²) in [6.07, 6.45) is 1.80. The van der Waals surface area contributed by atoms with Crippen molar-refractivity contribution in [1.82, 2.24) is 15.2 Å². The molecule has 0 radical (unpaired) electrons. The first kappa shape index (κ1) is 22.1. The van der Waals surface area contributed by atoms with Gasteiger partial charge in [-0.15, -0.1) is 24.0 Å². The average Bonchev–Trinajstić information content (AvgIpc) is 2.58. The average molecular weight is 471 g/mol. The number of rotatable bonds is 6. The number of benzene rings is 1. The Hall–Kier alpha value is -1.90. The first-order valence-electron chi connectivity index (χ1n) is 8.35. The highest BCUT2D eigenvalue weighted by Gasteiger charge is 2.07. The Balaban J connectivity index is 0.00000338. The number of hydrogen-bond donors (Lipinski definition) is 1. The minimum atomic E-state index is -0.221. The molecule has 0 amide bonds. The van der Waals surface area contributed by atoms with Gasteiger partial charge in [-0.1, -0.05) is 12.1 Å². The molecule has 26 heavy (non-hydrogen) atoms. The van der Waals surface area contributed by atoms with Gasteiger partial charge in [0.2, 0.25) is 0 Å². The third kappa shape index (κ3) is 6.78. The number of anilines is 1. The lowest BCUT2D eigenvalue weighted by Crippen LogP contribution is -2.38. The van der Waals surface area contributed by atoms with E-state index in [4.69, 9.17) is 4.99 Å². The van der Waals surface area contributed by atoms with Crippen LogP contribution >= 0.6 is 24.0 Å². The van der Waals surface area contributed by atoms with Crippen molar-refractivity contribution in [3.63, 3.8) is 0 Å². The number of hydrogen-bond acceptors (Lipinski definition) is 3. The first-order valence-corrected chi connectivity index (χ1v) is 8.35. The topological polar surface area (TPSA) is 43.8 Å². The van der Waals surface area contributed by atoms with Gasteiger partial charge >= 0.3 is 0 Å². The quantitative estimate of drug-likeness (QED) is 0.398. The molecular formula is C19H27FIN5. The SMILES string of the molecule is CCNC(=NCc1ccnc(N(C)C)c1)N(C)Cc1cccc(F)c1.I. The van der Waals surface area contributed by atoms with Crippen LogP contribution in [-0.4, -0.2) is 43.5 Å². The standard InChI is InChI=1S/C19H26FN5.HI/c1-5-21-19(25(4)14-16-7-6-8-17(20)11-16)23-13-15-9-10-22-18(12-15)24(2)3;/h6-12H,5,13-14H2,1-4H3,(H,21,23);1H. The first-order chi connectivity index (χ1) is 12.0. The molecule has 1 aromatic carbocycles. The van der Waals surface area contributed by atoms with E-state index in [0.717, 1.165) is 29.4 Å². The Kier molecular flexibility index (Phi) is 9.32. The number of pyridine rings is 1. The van der Waals surface area contributed by atoms with Gasteiger partial charge in [0.05, 0.1) is 6.54 Å². The van der Waals surface area contributed by atoms with Gasteiger partial charge in [0, 0.05) is 40.4 Å². The lowest BCUT2D eigenvalue weighted by Gasteiger charge is -2.22. The molecular weight excluding hydrogens is 444 g/mol. The van der Waals surface area contributed by atoms with E-state index in [1.807, 2.05) is 56.1 Å². The second kappa shape index (κ2) is 10.9. The van der Waals surface area contributed by atoms with Gasteiger partial charge in [-0.25, -0.2) is 14.4 Å². The molecule has 142 valence electrons. The van der Waals surface area contributed by atoms with Crippen LogP contribution < -0.4 is 10.2 Å². The summed E-state index contributed by atoms with van der Waals surface area (Å²) >= 11 is 0. The second-order valence-corrected chi connectivity index (χ2v) is 6.07. The monoisotopic (exact) mass is 471 g/mol. The Bertz CT molecular complexity index is 721. The molecule has 2 rings (SSSR count). The number of nitrogens with one attached hydrogen (secondary N) is 1. The fraction of sp³-hybridized carbons (Fsp3) is 0.368. The van der Waals surface area contributed by atoms with Gasteiger partial charge in [-0.3, -0.25) is 0 Å². The number of aliphatic imine (C=N–C) groups is 1. The number of halogens is 2. The van der Waals surface area contributed by atoms with E-state index in [2.05, 4.69) is 10.3 Å². The predicted molar refractivity (Wildman–Crippen MR) is 117 cm³/mol. The molecule has 5 nitrogen and oxygen atoms in total. The van der Waals surface area contributed by atoms with Gasteiger partial charge in [-0.05, 0) is 42.3 Å². The summed E-state index contributed by atoms with van der Waals surface area (Å²) < 4.78 is 13.4. The lowest BCUT2D eigenvalue weighted by molar-refractivity contribution is 0.474. The van der Waals surface area contributed by atoms with E-state index in [-0.39, 0.29) is 29.8 Å². The maximum absolute atomic E-state index is 13.4. The Labute approximate surface area is 172 Å². The summed E-state index contributed by atoms with van der Waals surface area (Å²) in [5.74, 6) is 1.47. The van der Waals surface area contributed by atoms with Gasteiger partial charge in [0.25, 0.3) is 0 Å². The largest absolute Gasteiger partial charge is 0.363 e. The fourth-order valence-corrected chi connectivity index (χ4v) is 2.42. The van der Waals surface area contributed by atoms with Crippen molar-refractivity contribution in [2.24, 2.45) is 4.99 Å². The molecule has 1 aromatic heterocycles. The normalized spacial score (nSPS) is 10.9. The van der Waals surface area contributed by atoms with Crippen LogP contribution in [0.1, 0.15) is 18.1 Å². The molecule has 0 atom stereocenters. The summed E-state index contributed by atoms with van der Waals surface area (Å²) in [6, 6.07) is 10.6. The van der Waals surface area contributed by atoms with Crippen LogP contribution in [0.25, 0.3) is 0 Å². The van der Waals surface area contributed by atoms with E-state index in [9.17, 15) is 4.39 Å². The Morgan fingerprint density at radius 1 is 1.15 bits per heavy atom. The summed E-state index contributed by atoms with van der Waals surface area (Å²) in [7, 11) is 5.88. The third-order valence-electron chi connectivity index (χ3n) is 3.68. The van der Waals surface area contributed by atoms with E-state index in [1.165, 1.54) is 6.07 Å². The maximum Gasteiger partial charge on any atom is 0.194 e. The number of guanidine groups is 1. The van der Waals surface area contributed by atoms with E-state index >= 15 is 0 Å². The Morgan fingerprint density at radius 3 is 2.58 bits per heavy atom. The molecule has 0 fully saturated rings. The fourth-order valence-electron chi connectivity index (χ4n) is 2.42. The van der Waals surface area contributed by atoms with Crippen LogP contribution in [0, 0.1) is 5.82 Å². The minimum Gasteiger partial charge on any atom is -0.363 e. The van der Waals surface area contributed by atoms with E-state index < -0.39 is 0 Å². The molecule has 1 N–H and O–H groups in total. The van der Waals surface area contributed by atoms with Crippen LogP contribution in [-0.2, 0) is 13.1 Å². The van der Waals surface area contributed by atoms with Gasteiger partial charge < -0.3 is 15.1 Å². The van der Waals surface area contributed by atoms with Crippen LogP contribution in [0.5, 0.6) is 0 Å². The number of aromatic nitrogens is 1. The molecule has 0 unspecified atom stereocenters. The van der Waals surface area contributed by atoms with Crippen LogP contribution in [0.2, 0.25) is 0 Å². The minimum absolute atomic E-state index is 0. The van der Waals surface area contributed by atoms with Crippen molar-refractivity contribution in [3.05, 3.63) is 59.5 Å². The van der Waals surface area contributed by atoms with E-state index in [1.54, 1.807) is 18.3 Å². The van der Waals surface area contributed by atoms with Crippen molar-refractivity contribution in [2.75, 3.05) is 32.6 Å². The molecule has 0 spiro atoms. The zero-order valence-corrected chi connectivity index (χ0v) is 18.1. The Morgan fingerprint density at radius 2 is 1.92 bits per heavy atom. The zero-order valence-electron chi connectivity index (χ0n) is 15.7. The zero-order chi connectivity index (χ0) is 18.2. The molecule has 7 heteroatoms. The molecule has 0 aliphatic rings. The second-order valence-electron chi connectivity index (χ2n) is 6.07.